The van der Waals surface area contributed by atoms with E-state index in [-0.39, 0.29) is 5.78 Å². The Kier molecular flexibility index (Phi) is 3.78. The monoisotopic (exact) mass is 239 g/mol. The van der Waals surface area contributed by atoms with Gasteiger partial charge in [0, 0.05) is 18.5 Å². The third-order valence-electron chi connectivity index (χ3n) is 2.86. The quantitative estimate of drug-likeness (QED) is 0.834. The third kappa shape index (κ3) is 3.45. The lowest BCUT2D eigenvalue weighted by atomic mass is 10.0. The second-order valence-corrected chi connectivity index (χ2v) is 4.62. The lowest BCUT2D eigenvalue weighted by Crippen LogP contribution is -2.06. The number of nitrogens with two attached hydrogens (primary N) is 1. The van der Waals surface area contributed by atoms with Gasteiger partial charge in [0.05, 0.1) is 0 Å². The average Bonchev–Trinajstić information content (AvgIpc) is 2.32. The number of rotatable bonds is 4. The van der Waals surface area contributed by atoms with E-state index in [2.05, 4.69) is 6.07 Å². The first-order valence-electron chi connectivity index (χ1n) is 6.05. The number of nitrogen functional groups attached to an aromatic ring is 1. The second kappa shape index (κ2) is 5.50. The van der Waals surface area contributed by atoms with Crippen molar-refractivity contribution in [2.75, 3.05) is 5.73 Å². The maximum atomic E-state index is 11.9. The average molecular weight is 239 g/mol. The molecule has 0 spiro atoms. The van der Waals surface area contributed by atoms with E-state index in [4.69, 9.17) is 5.73 Å². The van der Waals surface area contributed by atoms with Gasteiger partial charge in [0.15, 0.2) is 0 Å². The van der Waals surface area contributed by atoms with Crippen LogP contribution < -0.4 is 5.73 Å². The molecule has 0 unspecified atom stereocenters. The Bertz CT molecular complexity index is 543. The summed E-state index contributed by atoms with van der Waals surface area (Å²) >= 11 is 0. The number of anilines is 1. The maximum absolute atomic E-state index is 11.9. The zero-order chi connectivity index (χ0) is 13.0. The molecule has 0 radical (unpaired) electrons. The van der Waals surface area contributed by atoms with Crippen molar-refractivity contribution in [3.8, 4) is 0 Å². The molecule has 0 aromatic heterocycles. The van der Waals surface area contributed by atoms with Crippen LogP contribution in [0.15, 0.2) is 48.5 Å². The molecule has 0 amide bonds. The Morgan fingerprint density at radius 1 is 1.00 bits per heavy atom. The van der Waals surface area contributed by atoms with Crippen LogP contribution in [0.5, 0.6) is 0 Å². The van der Waals surface area contributed by atoms with Crippen LogP contribution in [-0.4, -0.2) is 5.78 Å². The smallest absolute Gasteiger partial charge is 0.141 e. The van der Waals surface area contributed by atoms with Gasteiger partial charge in [0.2, 0.25) is 0 Å². The molecular weight excluding hydrogens is 222 g/mol. The second-order valence-electron chi connectivity index (χ2n) is 4.62. The fourth-order valence-corrected chi connectivity index (χ4v) is 1.98. The Balaban J connectivity index is 1.98. The van der Waals surface area contributed by atoms with Gasteiger partial charge in [-0.15, -0.1) is 0 Å². The topological polar surface area (TPSA) is 43.1 Å². The summed E-state index contributed by atoms with van der Waals surface area (Å²) in [5.74, 6) is 0.227. The van der Waals surface area contributed by atoms with E-state index in [0.717, 1.165) is 16.8 Å². The van der Waals surface area contributed by atoms with Crippen molar-refractivity contribution in [3.05, 3.63) is 65.2 Å². The highest BCUT2D eigenvalue weighted by Crippen LogP contribution is 2.10. The van der Waals surface area contributed by atoms with Crippen molar-refractivity contribution in [2.45, 2.75) is 19.8 Å². The van der Waals surface area contributed by atoms with E-state index in [0.29, 0.717) is 12.8 Å². The highest BCUT2D eigenvalue weighted by Gasteiger charge is 2.05. The number of carbonyl (C=O) groups is 1. The predicted molar refractivity (Wildman–Crippen MR) is 74.4 cm³/mol. The van der Waals surface area contributed by atoms with Gasteiger partial charge in [-0.2, -0.15) is 0 Å². The first-order valence-corrected chi connectivity index (χ1v) is 6.05. The summed E-state index contributed by atoms with van der Waals surface area (Å²) in [6.07, 6.45) is 0.959. The molecule has 2 aromatic carbocycles. The van der Waals surface area contributed by atoms with Gasteiger partial charge in [-0.1, -0.05) is 42.0 Å². The molecule has 0 aliphatic carbocycles. The molecule has 18 heavy (non-hydrogen) atoms. The van der Waals surface area contributed by atoms with Crippen molar-refractivity contribution < 1.29 is 4.79 Å². The molecular formula is C16H17NO. The molecule has 0 aliphatic rings. The van der Waals surface area contributed by atoms with Crippen LogP contribution in [-0.2, 0) is 17.6 Å². The zero-order valence-electron chi connectivity index (χ0n) is 10.5. The highest BCUT2D eigenvalue weighted by molar-refractivity contribution is 5.83. The van der Waals surface area contributed by atoms with Crippen LogP contribution in [0.2, 0.25) is 0 Å². The van der Waals surface area contributed by atoms with Crippen LogP contribution in [0.1, 0.15) is 16.7 Å². The van der Waals surface area contributed by atoms with E-state index in [1.165, 1.54) is 5.56 Å². The minimum absolute atomic E-state index is 0.227. The molecule has 0 saturated heterocycles. The number of ketones is 1. The van der Waals surface area contributed by atoms with Crippen molar-refractivity contribution in [1.29, 1.82) is 0 Å². The molecule has 2 heteroatoms. The fourth-order valence-electron chi connectivity index (χ4n) is 1.98. The van der Waals surface area contributed by atoms with E-state index < -0.39 is 0 Å². The lowest BCUT2D eigenvalue weighted by molar-refractivity contribution is -0.117. The van der Waals surface area contributed by atoms with Gasteiger partial charge in [0.25, 0.3) is 0 Å². The van der Waals surface area contributed by atoms with Crippen molar-refractivity contribution in [1.82, 2.24) is 0 Å². The first kappa shape index (κ1) is 12.4. The summed E-state index contributed by atoms with van der Waals surface area (Å²) in [6.45, 7) is 2.04. The van der Waals surface area contributed by atoms with Crippen molar-refractivity contribution in [2.24, 2.45) is 0 Å². The molecule has 2 nitrogen and oxygen atoms in total. The number of hydrogen-bond acceptors (Lipinski definition) is 2. The number of benzene rings is 2. The van der Waals surface area contributed by atoms with Gasteiger partial charge >= 0.3 is 0 Å². The van der Waals surface area contributed by atoms with Gasteiger partial charge in [-0.3, -0.25) is 4.79 Å². The third-order valence-corrected chi connectivity index (χ3v) is 2.86. The summed E-state index contributed by atoms with van der Waals surface area (Å²) in [5.41, 5.74) is 9.62. The molecule has 0 saturated carbocycles. The largest absolute Gasteiger partial charge is 0.399 e. The Labute approximate surface area is 107 Å². The standard InChI is InChI=1S/C16H17NO/c1-12-3-2-4-14(9-12)11-16(18)10-13-5-7-15(17)8-6-13/h2-9H,10-11,17H2,1H3. The maximum Gasteiger partial charge on any atom is 0.141 e. The van der Waals surface area contributed by atoms with Crippen LogP contribution >= 0.6 is 0 Å². The first-order chi connectivity index (χ1) is 8.63. The Morgan fingerprint density at radius 3 is 2.33 bits per heavy atom. The molecule has 0 fully saturated rings. The van der Waals surface area contributed by atoms with Gasteiger partial charge in [-0.25, -0.2) is 0 Å². The van der Waals surface area contributed by atoms with Crippen molar-refractivity contribution >= 4 is 11.5 Å². The van der Waals surface area contributed by atoms with Crippen LogP contribution in [0.4, 0.5) is 5.69 Å². The van der Waals surface area contributed by atoms with E-state index >= 15 is 0 Å². The van der Waals surface area contributed by atoms with Crippen LogP contribution in [0.25, 0.3) is 0 Å². The molecule has 0 aliphatic heterocycles. The summed E-state index contributed by atoms with van der Waals surface area (Å²) in [7, 11) is 0. The number of aryl methyl sites for hydroxylation is 1. The molecule has 2 rings (SSSR count). The zero-order valence-corrected chi connectivity index (χ0v) is 10.5. The normalized spacial score (nSPS) is 10.3. The molecule has 2 aromatic rings. The summed E-state index contributed by atoms with van der Waals surface area (Å²) in [4.78, 5) is 11.9. The molecule has 92 valence electrons. The molecule has 0 heterocycles. The SMILES string of the molecule is Cc1cccc(CC(=O)Cc2ccc(N)cc2)c1. The van der Waals surface area contributed by atoms with Crippen LogP contribution in [0.3, 0.4) is 0 Å². The van der Waals surface area contributed by atoms with Crippen LogP contribution in [0, 0.1) is 6.92 Å². The summed E-state index contributed by atoms with van der Waals surface area (Å²) in [5, 5.41) is 0. The molecule has 0 atom stereocenters. The van der Waals surface area contributed by atoms with E-state index in [9.17, 15) is 4.79 Å². The van der Waals surface area contributed by atoms with Crippen molar-refractivity contribution in [3.63, 3.8) is 0 Å². The minimum Gasteiger partial charge on any atom is -0.399 e. The number of carbonyl (C=O) groups excluding carboxylic acids is 1. The highest BCUT2D eigenvalue weighted by atomic mass is 16.1. The Hall–Kier alpha value is -2.09. The van der Waals surface area contributed by atoms with E-state index in [1.807, 2.05) is 49.4 Å². The summed E-state index contributed by atoms with van der Waals surface area (Å²) in [6, 6.07) is 15.5. The van der Waals surface area contributed by atoms with Gasteiger partial charge < -0.3 is 5.73 Å². The number of hydrogen-bond donors (Lipinski definition) is 1. The number of Topliss-reactive ketones (excluding diaryl/α,β-unsaturated/α-hetero) is 1. The summed E-state index contributed by atoms with van der Waals surface area (Å²) < 4.78 is 0. The Morgan fingerprint density at radius 2 is 1.67 bits per heavy atom. The minimum atomic E-state index is 0.227. The fraction of sp³-hybridized carbons (Fsp3) is 0.188. The lowest BCUT2D eigenvalue weighted by Gasteiger charge is -2.03. The van der Waals surface area contributed by atoms with Gasteiger partial charge in [-0.05, 0) is 30.2 Å². The molecule has 2 N–H and O–H groups in total. The predicted octanol–water partition coefficient (Wildman–Crippen LogP) is 2.93. The van der Waals surface area contributed by atoms with E-state index in [1.54, 1.807) is 0 Å². The molecule has 0 bridgehead atoms. The van der Waals surface area contributed by atoms with Gasteiger partial charge in [0.1, 0.15) is 5.78 Å².